The predicted molar refractivity (Wildman–Crippen MR) is 102 cm³/mol. The van der Waals surface area contributed by atoms with Gasteiger partial charge < -0.3 is 10.6 Å². The Kier molecular flexibility index (Phi) is 7.35. The third-order valence-corrected chi connectivity index (χ3v) is 5.27. The summed E-state index contributed by atoms with van der Waals surface area (Å²) in [6.45, 7) is 3.82. The van der Waals surface area contributed by atoms with Gasteiger partial charge in [-0.25, -0.2) is 9.37 Å². The van der Waals surface area contributed by atoms with Gasteiger partial charge in [0, 0.05) is 23.9 Å². The number of thiazole rings is 1. The number of hydrogen-bond acceptors (Lipinski definition) is 4. The van der Waals surface area contributed by atoms with E-state index >= 15 is 0 Å². The summed E-state index contributed by atoms with van der Waals surface area (Å²) in [5, 5.41) is 6.80. The van der Waals surface area contributed by atoms with Crippen LogP contribution in [0.25, 0.3) is 0 Å². The zero-order chi connectivity index (χ0) is 16.9. The van der Waals surface area contributed by atoms with Gasteiger partial charge in [-0.3, -0.25) is 4.79 Å². The molecule has 1 aromatic heterocycles. The van der Waals surface area contributed by atoms with Gasteiger partial charge in [0.2, 0.25) is 5.91 Å². The van der Waals surface area contributed by atoms with Gasteiger partial charge >= 0.3 is 0 Å². The Labute approximate surface area is 157 Å². The molecule has 136 valence electrons. The highest BCUT2D eigenvalue weighted by molar-refractivity contribution is 7.15. The first-order chi connectivity index (χ1) is 11.6. The molecule has 0 bridgehead atoms. The van der Waals surface area contributed by atoms with Crippen molar-refractivity contribution in [3.8, 4) is 0 Å². The van der Waals surface area contributed by atoms with E-state index in [-0.39, 0.29) is 24.1 Å². The third-order valence-electron chi connectivity index (χ3n) is 4.36. The van der Waals surface area contributed by atoms with Crippen molar-refractivity contribution >= 4 is 34.8 Å². The summed E-state index contributed by atoms with van der Waals surface area (Å²) in [6.07, 6.45) is 4.98. The standard InChI is InChI=1S/C18H22FN3OS.ClH/c1-12-2-3-14(9-16(12)19)8-15-11-21-18(24-15)22-17(23)5-4-13-6-7-20-10-13;/h2-3,9,11,13,20H,4-8,10H2,1H3,(H,21,22,23);1H. The largest absolute Gasteiger partial charge is 0.316 e. The summed E-state index contributed by atoms with van der Waals surface area (Å²) in [6, 6.07) is 5.27. The fourth-order valence-electron chi connectivity index (χ4n) is 2.87. The first kappa shape index (κ1) is 19.8. The van der Waals surface area contributed by atoms with Gasteiger partial charge in [-0.1, -0.05) is 12.1 Å². The Balaban J connectivity index is 0.00000225. The van der Waals surface area contributed by atoms with E-state index in [1.165, 1.54) is 11.3 Å². The van der Waals surface area contributed by atoms with E-state index in [0.717, 1.165) is 36.4 Å². The maximum atomic E-state index is 13.6. The summed E-state index contributed by atoms with van der Waals surface area (Å²) in [5.41, 5.74) is 1.56. The lowest BCUT2D eigenvalue weighted by molar-refractivity contribution is -0.116. The number of aryl methyl sites for hydroxylation is 1. The second-order valence-electron chi connectivity index (χ2n) is 6.34. The molecule has 3 rings (SSSR count). The molecule has 1 amide bonds. The van der Waals surface area contributed by atoms with E-state index in [9.17, 15) is 9.18 Å². The Bertz CT molecular complexity index is 716. The minimum Gasteiger partial charge on any atom is -0.316 e. The molecular weight excluding hydrogens is 361 g/mol. The van der Waals surface area contributed by atoms with Gasteiger partial charge in [-0.05, 0) is 56.0 Å². The molecule has 1 atom stereocenters. The zero-order valence-electron chi connectivity index (χ0n) is 14.2. The predicted octanol–water partition coefficient (Wildman–Crippen LogP) is 3.93. The molecule has 4 nitrogen and oxygen atoms in total. The molecule has 2 N–H and O–H groups in total. The SMILES string of the molecule is Cc1ccc(Cc2cnc(NC(=O)CCC3CCNC3)s2)cc1F.Cl. The minimum absolute atomic E-state index is 0. The van der Waals surface area contributed by atoms with Crippen LogP contribution in [0.4, 0.5) is 9.52 Å². The molecule has 1 saturated heterocycles. The molecule has 2 heterocycles. The zero-order valence-corrected chi connectivity index (χ0v) is 15.8. The number of nitrogens with one attached hydrogen (secondary N) is 2. The van der Waals surface area contributed by atoms with Crippen LogP contribution in [0.5, 0.6) is 0 Å². The number of carbonyl (C=O) groups excluding carboxylic acids is 1. The Hall–Kier alpha value is -1.50. The molecule has 1 fully saturated rings. The molecule has 2 aromatic rings. The summed E-state index contributed by atoms with van der Waals surface area (Å²) in [5.74, 6) is 0.440. The van der Waals surface area contributed by atoms with Crippen molar-refractivity contribution in [2.24, 2.45) is 5.92 Å². The summed E-state index contributed by atoms with van der Waals surface area (Å²) in [7, 11) is 0. The van der Waals surface area contributed by atoms with Crippen LogP contribution in [0.1, 0.15) is 35.3 Å². The highest BCUT2D eigenvalue weighted by Crippen LogP contribution is 2.23. The van der Waals surface area contributed by atoms with Gasteiger partial charge in [0.25, 0.3) is 0 Å². The topological polar surface area (TPSA) is 54.0 Å². The van der Waals surface area contributed by atoms with Crippen LogP contribution in [0.3, 0.4) is 0 Å². The number of anilines is 1. The highest BCUT2D eigenvalue weighted by Gasteiger charge is 2.16. The highest BCUT2D eigenvalue weighted by atomic mass is 35.5. The maximum Gasteiger partial charge on any atom is 0.226 e. The smallest absolute Gasteiger partial charge is 0.226 e. The van der Waals surface area contributed by atoms with Crippen LogP contribution in [0, 0.1) is 18.7 Å². The van der Waals surface area contributed by atoms with Gasteiger partial charge in [0.1, 0.15) is 5.82 Å². The molecule has 0 radical (unpaired) electrons. The van der Waals surface area contributed by atoms with Gasteiger partial charge in [0.15, 0.2) is 5.13 Å². The van der Waals surface area contributed by atoms with E-state index in [4.69, 9.17) is 0 Å². The average molecular weight is 384 g/mol. The number of hydrogen-bond donors (Lipinski definition) is 2. The van der Waals surface area contributed by atoms with Crippen LogP contribution in [-0.2, 0) is 11.2 Å². The van der Waals surface area contributed by atoms with Gasteiger partial charge in [0.05, 0.1) is 0 Å². The van der Waals surface area contributed by atoms with Crippen LogP contribution in [-0.4, -0.2) is 24.0 Å². The van der Waals surface area contributed by atoms with E-state index in [0.29, 0.717) is 29.5 Å². The summed E-state index contributed by atoms with van der Waals surface area (Å²) >= 11 is 1.45. The van der Waals surface area contributed by atoms with Crippen molar-refractivity contribution in [2.75, 3.05) is 18.4 Å². The number of rotatable bonds is 6. The molecule has 1 aliphatic heterocycles. The molecule has 1 unspecified atom stereocenters. The molecule has 0 aliphatic carbocycles. The van der Waals surface area contributed by atoms with Crippen molar-refractivity contribution in [3.05, 3.63) is 46.2 Å². The molecule has 1 aliphatic rings. The van der Waals surface area contributed by atoms with Crippen molar-refractivity contribution in [1.29, 1.82) is 0 Å². The maximum absolute atomic E-state index is 13.6. The summed E-state index contributed by atoms with van der Waals surface area (Å²) in [4.78, 5) is 17.3. The number of nitrogens with zero attached hydrogens (tertiary/aromatic N) is 1. The summed E-state index contributed by atoms with van der Waals surface area (Å²) < 4.78 is 13.6. The number of carbonyl (C=O) groups is 1. The molecule has 1 aromatic carbocycles. The van der Waals surface area contributed by atoms with Crippen molar-refractivity contribution in [1.82, 2.24) is 10.3 Å². The number of halogens is 2. The van der Waals surface area contributed by atoms with E-state index in [1.807, 2.05) is 6.07 Å². The van der Waals surface area contributed by atoms with E-state index in [1.54, 1.807) is 25.3 Å². The lowest BCUT2D eigenvalue weighted by atomic mass is 10.0. The monoisotopic (exact) mass is 383 g/mol. The molecule has 0 saturated carbocycles. The molecule has 7 heteroatoms. The van der Waals surface area contributed by atoms with Crippen LogP contribution < -0.4 is 10.6 Å². The van der Waals surface area contributed by atoms with Crippen molar-refractivity contribution in [3.63, 3.8) is 0 Å². The molecule has 25 heavy (non-hydrogen) atoms. The Morgan fingerprint density at radius 2 is 2.32 bits per heavy atom. The second kappa shape index (κ2) is 9.27. The average Bonchev–Trinajstić information content (AvgIpc) is 3.21. The third kappa shape index (κ3) is 5.76. The van der Waals surface area contributed by atoms with Crippen LogP contribution in [0.15, 0.2) is 24.4 Å². The lowest BCUT2D eigenvalue weighted by Gasteiger charge is -2.07. The quantitative estimate of drug-likeness (QED) is 0.794. The minimum atomic E-state index is -0.188. The van der Waals surface area contributed by atoms with Crippen LogP contribution >= 0.6 is 23.7 Å². The number of amides is 1. The lowest BCUT2D eigenvalue weighted by Crippen LogP contribution is -2.14. The van der Waals surface area contributed by atoms with Crippen LogP contribution in [0.2, 0.25) is 0 Å². The fraction of sp³-hybridized carbons (Fsp3) is 0.444. The van der Waals surface area contributed by atoms with Gasteiger partial charge in [-0.15, -0.1) is 23.7 Å². The van der Waals surface area contributed by atoms with Gasteiger partial charge in [-0.2, -0.15) is 0 Å². The first-order valence-electron chi connectivity index (χ1n) is 8.30. The van der Waals surface area contributed by atoms with E-state index < -0.39 is 0 Å². The van der Waals surface area contributed by atoms with Crippen molar-refractivity contribution in [2.45, 2.75) is 32.6 Å². The molecule has 0 spiro atoms. The fourth-order valence-corrected chi connectivity index (χ4v) is 3.74. The Morgan fingerprint density at radius 3 is 3.04 bits per heavy atom. The molecular formula is C18H23ClFN3OS. The van der Waals surface area contributed by atoms with Crippen molar-refractivity contribution < 1.29 is 9.18 Å². The number of aromatic nitrogens is 1. The first-order valence-corrected chi connectivity index (χ1v) is 9.12. The van der Waals surface area contributed by atoms with E-state index in [2.05, 4.69) is 15.6 Å². The second-order valence-corrected chi connectivity index (χ2v) is 7.45. The number of benzene rings is 1. The Morgan fingerprint density at radius 1 is 1.48 bits per heavy atom. The normalized spacial score (nSPS) is 16.5.